The molecule has 0 aliphatic heterocycles. The Kier molecular flexibility index (Phi) is 4.58. The Morgan fingerprint density at radius 3 is 2.33 bits per heavy atom. The van der Waals surface area contributed by atoms with Crippen LogP contribution in [0.4, 0.5) is 13.2 Å². The molecule has 1 rings (SSSR count). The van der Waals surface area contributed by atoms with Gasteiger partial charge in [0, 0.05) is 6.42 Å². The van der Waals surface area contributed by atoms with E-state index in [1.54, 1.807) is 6.92 Å². The molecule has 0 heterocycles. The zero-order chi connectivity index (χ0) is 13.8. The van der Waals surface area contributed by atoms with Gasteiger partial charge in [-0.3, -0.25) is 4.79 Å². The van der Waals surface area contributed by atoms with Gasteiger partial charge in [-0.15, -0.1) is 13.2 Å². The number of hydrogen-bond donors (Lipinski definition) is 0. The Morgan fingerprint density at radius 1 is 1.28 bits per heavy atom. The van der Waals surface area contributed by atoms with Crippen LogP contribution in [-0.2, 0) is 4.79 Å². The monoisotopic (exact) mass is 262 g/mol. The van der Waals surface area contributed by atoms with Crippen molar-refractivity contribution in [1.82, 2.24) is 0 Å². The van der Waals surface area contributed by atoms with Gasteiger partial charge in [-0.1, -0.05) is 19.1 Å². The van der Waals surface area contributed by atoms with E-state index in [1.807, 2.05) is 0 Å². The van der Waals surface area contributed by atoms with E-state index in [0.29, 0.717) is 0 Å². The topological polar surface area (TPSA) is 35.5 Å². The maximum absolute atomic E-state index is 12.1. The van der Waals surface area contributed by atoms with Crippen LogP contribution < -0.4 is 9.47 Å². The summed E-state index contributed by atoms with van der Waals surface area (Å²) in [7, 11) is 0. The molecule has 0 bridgehead atoms. The number of benzene rings is 1. The Hall–Kier alpha value is -1.72. The largest absolute Gasteiger partial charge is 0.573 e. The van der Waals surface area contributed by atoms with E-state index in [2.05, 4.69) is 4.74 Å². The summed E-state index contributed by atoms with van der Waals surface area (Å²) in [6.45, 7) is 3.14. The van der Waals surface area contributed by atoms with Crippen molar-refractivity contribution in [3.8, 4) is 11.5 Å². The number of halogens is 3. The van der Waals surface area contributed by atoms with E-state index >= 15 is 0 Å². The first kappa shape index (κ1) is 14.3. The lowest BCUT2D eigenvalue weighted by molar-refractivity contribution is -0.275. The Labute approximate surface area is 103 Å². The van der Waals surface area contributed by atoms with Crippen molar-refractivity contribution in [2.75, 3.05) is 0 Å². The van der Waals surface area contributed by atoms with Crippen molar-refractivity contribution in [3.63, 3.8) is 0 Å². The molecule has 18 heavy (non-hydrogen) atoms. The summed E-state index contributed by atoms with van der Waals surface area (Å²) in [5.74, 6) is -0.762. The Morgan fingerprint density at radius 2 is 1.83 bits per heavy atom. The molecule has 3 nitrogen and oxygen atoms in total. The van der Waals surface area contributed by atoms with E-state index in [4.69, 9.17) is 4.74 Å². The zero-order valence-corrected chi connectivity index (χ0v) is 9.95. The molecule has 1 atom stereocenters. The average Bonchev–Trinajstić information content (AvgIpc) is 2.28. The number of carbonyl (C=O) groups excluding carboxylic acids is 1. The molecular weight excluding hydrogens is 249 g/mol. The molecule has 0 spiro atoms. The summed E-state index contributed by atoms with van der Waals surface area (Å²) in [6, 6.07) is 5.34. The van der Waals surface area contributed by atoms with Crippen LogP contribution in [-0.4, -0.2) is 18.2 Å². The van der Waals surface area contributed by atoms with E-state index < -0.39 is 18.2 Å². The summed E-state index contributed by atoms with van der Waals surface area (Å²) in [6.07, 6.45) is -5.35. The molecule has 0 fully saturated rings. The minimum absolute atomic E-state index is 0.107. The number of Topliss-reactive ketones (excluding diaryl/α,β-unsaturated/α-hetero) is 1. The molecular formula is C12H13F3O3. The van der Waals surface area contributed by atoms with Crippen LogP contribution in [0.3, 0.4) is 0 Å². The number of para-hydroxylation sites is 2. The molecule has 0 amide bonds. The Bertz CT molecular complexity index is 415. The lowest BCUT2D eigenvalue weighted by atomic mass is 10.2. The molecule has 0 radical (unpaired) electrons. The predicted octanol–water partition coefficient (Wildman–Crippen LogP) is 3.33. The second-order valence-electron chi connectivity index (χ2n) is 3.57. The number of rotatable bonds is 5. The minimum Gasteiger partial charge on any atom is -0.479 e. The molecule has 0 N–H and O–H groups in total. The third kappa shape index (κ3) is 4.27. The highest BCUT2D eigenvalue weighted by Crippen LogP contribution is 2.32. The van der Waals surface area contributed by atoms with E-state index in [0.717, 1.165) is 6.07 Å². The molecule has 0 saturated carbocycles. The molecule has 0 aromatic heterocycles. The number of ether oxygens (including phenoxy) is 2. The van der Waals surface area contributed by atoms with Gasteiger partial charge in [0.1, 0.15) is 0 Å². The fourth-order valence-electron chi connectivity index (χ4n) is 1.30. The zero-order valence-electron chi connectivity index (χ0n) is 9.95. The molecule has 1 aromatic carbocycles. The van der Waals surface area contributed by atoms with Crippen LogP contribution in [0.25, 0.3) is 0 Å². The van der Waals surface area contributed by atoms with Gasteiger partial charge in [0.05, 0.1) is 0 Å². The number of ketones is 1. The van der Waals surface area contributed by atoms with Crippen molar-refractivity contribution < 1.29 is 27.4 Å². The van der Waals surface area contributed by atoms with Crippen LogP contribution >= 0.6 is 0 Å². The van der Waals surface area contributed by atoms with Crippen molar-refractivity contribution in [2.24, 2.45) is 0 Å². The normalized spacial score (nSPS) is 12.9. The molecule has 100 valence electrons. The summed E-state index contributed by atoms with van der Waals surface area (Å²) in [4.78, 5) is 11.3. The highest BCUT2D eigenvalue weighted by molar-refractivity contribution is 5.82. The summed E-state index contributed by atoms with van der Waals surface area (Å²) < 4.78 is 45.4. The standard InChI is InChI=1S/C12H13F3O3/c1-3-9(16)8(2)17-10-6-4-5-7-11(10)18-12(13,14)15/h4-8H,3H2,1-2H3. The fourth-order valence-corrected chi connectivity index (χ4v) is 1.30. The first-order valence-corrected chi connectivity index (χ1v) is 5.37. The summed E-state index contributed by atoms with van der Waals surface area (Å²) >= 11 is 0. The van der Waals surface area contributed by atoms with Crippen LogP contribution in [0.1, 0.15) is 20.3 Å². The van der Waals surface area contributed by atoms with Gasteiger partial charge < -0.3 is 9.47 Å². The second-order valence-corrected chi connectivity index (χ2v) is 3.57. The molecule has 0 aliphatic rings. The first-order valence-electron chi connectivity index (χ1n) is 5.37. The van der Waals surface area contributed by atoms with Crippen LogP contribution in [0.5, 0.6) is 11.5 Å². The highest BCUT2D eigenvalue weighted by atomic mass is 19.4. The van der Waals surface area contributed by atoms with Crippen molar-refractivity contribution in [3.05, 3.63) is 24.3 Å². The molecule has 1 aromatic rings. The quantitative estimate of drug-likeness (QED) is 0.816. The molecule has 0 saturated heterocycles. The van der Waals surface area contributed by atoms with Gasteiger partial charge in [-0.25, -0.2) is 0 Å². The fraction of sp³-hybridized carbons (Fsp3) is 0.417. The summed E-state index contributed by atoms with van der Waals surface area (Å²) in [5.41, 5.74) is 0. The van der Waals surface area contributed by atoms with Gasteiger partial charge in [-0.2, -0.15) is 0 Å². The van der Waals surface area contributed by atoms with E-state index in [-0.39, 0.29) is 18.0 Å². The predicted molar refractivity (Wildman–Crippen MR) is 58.5 cm³/mol. The third-order valence-corrected chi connectivity index (χ3v) is 2.18. The van der Waals surface area contributed by atoms with Gasteiger partial charge in [0.2, 0.25) is 0 Å². The molecule has 6 heteroatoms. The third-order valence-electron chi connectivity index (χ3n) is 2.18. The van der Waals surface area contributed by atoms with Crippen molar-refractivity contribution in [1.29, 1.82) is 0 Å². The maximum atomic E-state index is 12.1. The first-order chi connectivity index (χ1) is 8.33. The van der Waals surface area contributed by atoms with Crippen LogP contribution in [0, 0.1) is 0 Å². The number of hydrogen-bond acceptors (Lipinski definition) is 3. The Balaban J connectivity index is 2.85. The van der Waals surface area contributed by atoms with Crippen LogP contribution in [0.2, 0.25) is 0 Å². The maximum Gasteiger partial charge on any atom is 0.573 e. The van der Waals surface area contributed by atoms with Crippen LogP contribution in [0.15, 0.2) is 24.3 Å². The van der Waals surface area contributed by atoms with Gasteiger partial charge in [-0.05, 0) is 19.1 Å². The van der Waals surface area contributed by atoms with E-state index in [9.17, 15) is 18.0 Å². The minimum atomic E-state index is -4.79. The van der Waals surface area contributed by atoms with Crippen molar-refractivity contribution in [2.45, 2.75) is 32.7 Å². The van der Waals surface area contributed by atoms with Crippen molar-refractivity contribution >= 4 is 5.78 Å². The second kappa shape index (κ2) is 5.75. The molecule has 1 unspecified atom stereocenters. The average molecular weight is 262 g/mol. The van der Waals surface area contributed by atoms with Gasteiger partial charge in [0.25, 0.3) is 0 Å². The van der Waals surface area contributed by atoms with Gasteiger partial charge >= 0.3 is 6.36 Å². The van der Waals surface area contributed by atoms with E-state index in [1.165, 1.54) is 25.1 Å². The highest BCUT2D eigenvalue weighted by Gasteiger charge is 2.32. The summed E-state index contributed by atoms with van der Waals surface area (Å²) in [5, 5.41) is 0. The SMILES string of the molecule is CCC(=O)C(C)Oc1ccccc1OC(F)(F)F. The number of carbonyl (C=O) groups is 1. The van der Waals surface area contributed by atoms with Gasteiger partial charge in [0.15, 0.2) is 23.4 Å². The lowest BCUT2D eigenvalue weighted by Gasteiger charge is -2.17. The number of alkyl halides is 3. The lowest BCUT2D eigenvalue weighted by Crippen LogP contribution is -2.24. The molecule has 0 aliphatic carbocycles. The smallest absolute Gasteiger partial charge is 0.479 e.